The van der Waals surface area contributed by atoms with Gasteiger partial charge in [-0.15, -0.1) is 0 Å². The Morgan fingerprint density at radius 2 is 2.50 bits per heavy atom. The van der Waals surface area contributed by atoms with Crippen LogP contribution >= 0.6 is 0 Å². The van der Waals surface area contributed by atoms with Crippen LogP contribution in [0.4, 0.5) is 4.79 Å². The molecule has 78 valence electrons. The van der Waals surface area contributed by atoms with Crippen LogP contribution in [0.2, 0.25) is 0 Å². The fourth-order valence-electron chi connectivity index (χ4n) is 1.14. The molecule has 0 saturated carbocycles. The van der Waals surface area contributed by atoms with Gasteiger partial charge in [0.2, 0.25) is 0 Å². The number of amides is 1. The molecule has 0 aromatic carbocycles. The zero-order valence-electron chi connectivity index (χ0n) is 8.32. The van der Waals surface area contributed by atoms with Crippen molar-refractivity contribution in [1.82, 2.24) is 11.1 Å². The molecule has 0 aromatic heterocycles. The molecular formula is C9H15N3O2. The Hall–Kier alpha value is -1.54. The van der Waals surface area contributed by atoms with Gasteiger partial charge in [0.05, 0.1) is 0 Å². The average molecular weight is 197 g/mol. The first-order valence-electron chi connectivity index (χ1n) is 4.36. The molecule has 0 aromatic rings. The molecule has 0 bridgehead atoms. The average Bonchev–Trinajstić information content (AvgIpc) is 2.59. The molecule has 1 rings (SSSR count). The molecule has 0 atom stereocenters. The van der Waals surface area contributed by atoms with E-state index in [4.69, 9.17) is 10.00 Å². The summed E-state index contributed by atoms with van der Waals surface area (Å²) < 4.78 is 4.98. The molecule has 5 heteroatoms. The summed E-state index contributed by atoms with van der Waals surface area (Å²) in [7, 11) is 0. The van der Waals surface area contributed by atoms with E-state index in [0.29, 0.717) is 12.3 Å². The normalized spacial score (nSPS) is 13.6. The largest absolute Gasteiger partial charge is 0.428 e. The topological polar surface area (TPSA) is 88.3 Å². The Morgan fingerprint density at radius 3 is 2.93 bits per heavy atom. The van der Waals surface area contributed by atoms with Crippen molar-refractivity contribution in [2.45, 2.75) is 26.2 Å². The summed E-state index contributed by atoms with van der Waals surface area (Å²) in [6.45, 7) is 2.08. The van der Waals surface area contributed by atoms with Crippen LogP contribution in [0, 0.1) is 11.5 Å². The van der Waals surface area contributed by atoms with Gasteiger partial charge in [-0.2, -0.15) is 5.26 Å². The van der Waals surface area contributed by atoms with Gasteiger partial charge in [-0.05, 0) is 25.8 Å². The minimum Gasteiger partial charge on any atom is -0.414 e. The fraction of sp³-hybridized carbons (Fsp3) is 0.556. The number of carbonyl (C=O) groups is 1. The summed E-state index contributed by atoms with van der Waals surface area (Å²) in [6.07, 6.45) is 5.87. The summed E-state index contributed by atoms with van der Waals surface area (Å²) >= 11 is 0. The summed E-state index contributed by atoms with van der Waals surface area (Å²) in [5.41, 5.74) is 0. The van der Waals surface area contributed by atoms with Crippen molar-refractivity contribution >= 4 is 6.09 Å². The molecule has 1 aliphatic rings. The number of rotatable bonds is 2. The first-order valence-corrected chi connectivity index (χ1v) is 4.36. The van der Waals surface area contributed by atoms with E-state index >= 15 is 0 Å². The van der Waals surface area contributed by atoms with Crippen molar-refractivity contribution in [3.63, 3.8) is 0 Å². The maximum Gasteiger partial charge on any atom is 0.428 e. The lowest BCUT2D eigenvalue weighted by Gasteiger charge is -2.11. The van der Waals surface area contributed by atoms with Crippen LogP contribution in [0.1, 0.15) is 26.2 Å². The molecular weight excluding hydrogens is 182 g/mol. The third-order valence-corrected chi connectivity index (χ3v) is 1.88. The Bertz CT molecular complexity index is 268. The van der Waals surface area contributed by atoms with Crippen molar-refractivity contribution in [2.24, 2.45) is 0 Å². The number of nitriles is 1. The van der Waals surface area contributed by atoms with E-state index in [-0.39, 0.29) is 6.15 Å². The quantitative estimate of drug-likeness (QED) is 0.542. The van der Waals surface area contributed by atoms with E-state index in [9.17, 15) is 4.79 Å². The lowest BCUT2D eigenvalue weighted by molar-refractivity contribution is 0.147. The van der Waals surface area contributed by atoms with Crippen molar-refractivity contribution < 1.29 is 9.53 Å². The second kappa shape index (κ2) is 6.00. The summed E-state index contributed by atoms with van der Waals surface area (Å²) in [5, 5.41) is 8.53. The van der Waals surface area contributed by atoms with Crippen LogP contribution in [0.3, 0.4) is 0 Å². The zero-order valence-corrected chi connectivity index (χ0v) is 8.32. The molecule has 3 N–H and O–H groups in total. The third kappa shape index (κ3) is 3.07. The molecule has 5 nitrogen and oxygen atoms in total. The van der Waals surface area contributed by atoms with Gasteiger partial charge in [0, 0.05) is 13.0 Å². The third-order valence-electron chi connectivity index (χ3n) is 1.88. The van der Waals surface area contributed by atoms with Crippen LogP contribution < -0.4 is 6.15 Å². The van der Waals surface area contributed by atoms with E-state index in [2.05, 4.69) is 0 Å². The second-order valence-electron chi connectivity index (χ2n) is 2.77. The van der Waals surface area contributed by atoms with Crippen LogP contribution in [-0.4, -0.2) is 17.5 Å². The Balaban J connectivity index is 0.00000169. The zero-order chi connectivity index (χ0) is 9.68. The molecule has 0 radical (unpaired) electrons. The lowest BCUT2D eigenvalue weighted by atomic mass is 10.4. The van der Waals surface area contributed by atoms with E-state index in [1.807, 2.05) is 6.08 Å². The van der Waals surface area contributed by atoms with Gasteiger partial charge < -0.3 is 10.9 Å². The predicted octanol–water partition coefficient (Wildman–Crippen LogP) is 2.16. The second-order valence-corrected chi connectivity index (χ2v) is 2.77. The van der Waals surface area contributed by atoms with Crippen molar-refractivity contribution in [3.05, 3.63) is 11.8 Å². The van der Waals surface area contributed by atoms with Crippen LogP contribution in [0.15, 0.2) is 11.8 Å². The van der Waals surface area contributed by atoms with Crippen molar-refractivity contribution in [1.29, 1.82) is 5.26 Å². The Labute approximate surface area is 83.5 Å². The number of carbonyl (C=O) groups excluding carboxylic acids is 1. The number of hydrogen-bond acceptors (Lipinski definition) is 4. The molecule has 0 saturated heterocycles. The van der Waals surface area contributed by atoms with E-state index in [1.54, 1.807) is 13.1 Å². The summed E-state index contributed by atoms with van der Waals surface area (Å²) in [6, 6.07) is 0. The number of allylic oxidation sites excluding steroid dienone is 2. The van der Waals surface area contributed by atoms with E-state index < -0.39 is 6.09 Å². The first kappa shape index (κ1) is 12.5. The number of nitrogens with zero attached hydrogens (tertiary/aromatic N) is 2. The standard InChI is InChI=1S/C9H12N2O2.H3N/c1-2-11(7-10)9(12)13-8-5-3-4-6-8;/h5H,2-4,6H2,1H3;1H3. The maximum atomic E-state index is 11.2. The Kier molecular flexibility index (Phi) is 5.34. The van der Waals surface area contributed by atoms with Crippen molar-refractivity contribution in [3.8, 4) is 6.19 Å². The molecule has 0 unspecified atom stereocenters. The Morgan fingerprint density at radius 1 is 1.79 bits per heavy atom. The predicted molar refractivity (Wildman–Crippen MR) is 51.4 cm³/mol. The van der Waals surface area contributed by atoms with Crippen molar-refractivity contribution in [2.75, 3.05) is 6.54 Å². The molecule has 0 spiro atoms. The van der Waals surface area contributed by atoms with E-state index in [0.717, 1.165) is 24.2 Å². The highest BCUT2D eigenvalue weighted by molar-refractivity contribution is 5.70. The van der Waals surface area contributed by atoms with Gasteiger partial charge in [-0.25, -0.2) is 9.69 Å². The molecule has 0 heterocycles. The van der Waals surface area contributed by atoms with Gasteiger partial charge in [-0.3, -0.25) is 0 Å². The minimum atomic E-state index is -0.571. The summed E-state index contributed by atoms with van der Waals surface area (Å²) in [4.78, 5) is 12.2. The van der Waals surface area contributed by atoms with Gasteiger partial charge >= 0.3 is 6.09 Å². The van der Waals surface area contributed by atoms with Crippen LogP contribution in [0.5, 0.6) is 0 Å². The molecule has 0 aliphatic heterocycles. The van der Waals surface area contributed by atoms with Crippen LogP contribution in [0.25, 0.3) is 0 Å². The first-order chi connectivity index (χ1) is 6.27. The highest BCUT2D eigenvalue weighted by Crippen LogP contribution is 2.19. The number of hydrogen-bond donors (Lipinski definition) is 1. The minimum absolute atomic E-state index is 0. The number of ether oxygens (including phenoxy) is 1. The van der Waals surface area contributed by atoms with Gasteiger partial charge in [0.25, 0.3) is 0 Å². The fourth-order valence-corrected chi connectivity index (χ4v) is 1.14. The molecule has 1 aliphatic carbocycles. The highest BCUT2D eigenvalue weighted by Gasteiger charge is 2.16. The maximum absolute atomic E-state index is 11.2. The molecule has 14 heavy (non-hydrogen) atoms. The molecule has 0 fully saturated rings. The highest BCUT2D eigenvalue weighted by atomic mass is 16.6. The van der Waals surface area contributed by atoms with Crippen LogP contribution in [-0.2, 0) is 4.74 Å². The molecule has 1 amide bonds. The van der Waals surface area contributed by atoms with Gasteiger partial charge in [-0.1, -0.05) is 0 Å². The monoisotopic (exact) mass is 197 g/mol. The smallest absolute Gasteiger partial charge is 0.414 e. The SMILES string of the molecule is CCN(C#N)C(=O)OC1=CCCC1.N. The van der Waals surface area contributed by atoms with Gasteiger partial charge in [0.1, 0.15) is 5.76 Å². The lowest BCUT2D eigenvalue weighted by Crippen LogP contribution is -2.26. The van der Waals surface area contributed by atoms with Gasteiger partial charge in [0.15, 0.2) is 6.19 Å². The summed E-state index contributed by atoms with van der Waals surface area (Å²) in [5.74, 6) is 0.693. The van der Waals surface area contributed by atoms with E-state index in [1.165, 1.54) is 0 Å².